The van der Waals surface area contributed by atoms with E-state index in [4.69, 9.17) is 10.5 Å². The maximum atomic E-state index is 13.6. The fraction of sp³-hybridized carbons (Fsp3) is 0.476. The normalized spacial score (nSPS) is 21.6. The molecule has 3 aromatic heterocycles. The highest BCUT2D eigenvalue weighted by atomic mass is 16.5. The van der Waals surface area contributed by atoms with Crippen LogP contribution in [-0.4, -0.2) is 67.2 Å². The third-order valence-corrected chi connectivity index (χ3v) is 6.18. The van der Waals surface area contributed by atoms with Gasteiger partial charge in [0.1, 0.15) is 23.7 Å². The lowest BCUT2D eigenvalue weighted by molar-refractivity contribution is -0.135. The van der Waals surface area contributed by atoms with E-state index in [1.54, 1.807) is 10.9 Å². The minimum Gasteiger partial charge on any atom is -0.382 e. The molecule has 5 heterocycles. The zero-order valence-electron chi connectivity index (χ0n) is 17.7. The van der Waals surface area contributed by atoms with E-state index < -0.39 is 6.04 Å². The maximum Gasteiger partial charge on any atom is 0.245 e. The van der Waals surface area contributed by atoms with Crippen LogP contribution in [-0.2, 0) is 16.1 Å². The van der Waals surface area contributed by atoms with Gasteiger partial charge in [-0.2, -0.15) is 0 Å². The van der Waals surface area contributed by atoms with Crippen molar-refractivity contribution >= 4 is 28.7 Å². The number of nitrogens with two attached hydrogens (primary N) is 1. The molecule has 3 atom stereocenters. The number of rotatable bonds is 4. The quantitative estimate of drug-likeness (QED) is 0.671. The number of carbonyl (C=O) groups is 1. The standard InChI is InChI=1S/C21H26N8O2/c1-3-31-16-7-15-9-27(8-14-5-4-6-23-19(14)28(15)10-16)21(30)13(2)29-12-26-17-18(22)24-11-25-20(17)29/h4-6,11-13,15-16H,3,7-10H2,1-2H3,(H2,22,24,25)/t13?,15-,16+/m0/s1. The highest BCUT2D eigenvalue weighted by molar-refractivity contribution is 5.85. The third-order valence-electron chi connectivity index (χ3n) is 6.18. The molecule has 2 aliphatic rings. The Balaban J connectivity index is 1.45. The lowest BCUT2D eigenvalue weighted by Gasteiger charge is -2.28. The van der Waals surface area contributed by atoms with Gasteiger partial charge in [-0.15, -0.1) is 0 Å². The van der Waals surface area contributed by atoms with E-state index in [0.717, 1.165) is 24.3 Å². The smallest absolute Gasteiger partial charge is 0.245 e. The maximum absolute atomic E-state index is 13.6. The van der Waals surface area contributed by atoms with Crippen LogP contribution < -0.4 is 10.6 Å². The zero-order valence-corrected chi connectivity index (χ0v) is 17.7. The highest BCUT2D eigenvalue weighted by Gasteiger charge is 2.39. The van der Waals surface area contributed by atoms with Crippen molar-refractivity contribution in [3.8, 4) is 0 Å². The molecule has 10 heteroatoms. The van der Waals surface area contributed by atoms with Gasteiger partial charge in [0, 0.05) is 38.0 Å². The average molecular weight is 422 g/mol. The number of carbonyl (C=O) groups excluding carboxylic acids is 1. The second-order valence-corrected chi connectivity index (χ2v) is 8.08. The van der Waals surface area contributed by atoms with Crippen molar-refractivity contribution in [1.82, 2.24) is 29.4 Å². The van der Waals surface area contributed by atoms with Crippen molar-refractivity contribution in [1.29, 1.82) is 0 Å². The van der Waals surface area contributed by atoms with Crippen LogP contribution in [0.5, 0.6) is 0 Å². The molecule has 0 spiro atoms. The number of nitrogens with zero attached hydrogens (tertiary/aromatic N) is 7. The van der Waals surface area contributed by atoms with Gasteiger partial charge in [-0.3, -0.25) is 4.79 Å². The van der Waals surface area contributed by atoms with Gasteiger partial charge in [0.15, 0.2) is 11.5 Å². The first kappa shape index (κ1) is 19.7. The number of hydrogen-bond donors (Lipinski definition) is 1. The monoisotopic (exact) mass is 422 g/mol. The van der Waals surface area contributed by atoms with E-state index in [9.17, 15) is 4.79 Å². The van der Waals surface area contributed by atoms with Crippen LogP contribution in [0.25, 0.3) is 11.2 Å². The predicted molar refractivity (Wildman–Crippen MR) is 115 cm³/mol. The van der Waals surface area contributed by atoms with Crippen molar-refractivity contribution in [2.45, 2.75) is 45.0 Å². The van der Waals surface area contributed by atoms with Crippen molar-refractivity contribution in [3.63, 3.8) is 0 Å². The summed E-state index contributed by atoms with van der Waals surface area (Å²) < 4.78 is 7.66. The number of aromatic nitrogens is 5. The summed E-state index contributed by atoms with van der Waals surface area (Å²) in [6.45, 7) is 6.49. The molecular weight excluding hydrogens is 396 g/mol. The van der Waals surface area contributed by atoms with Crippen LogP contribution in [0.1, 0.15) is 31.9 Å². The molecule has 0 aromatic carbocycles. The Morgan fingerprint density at radius 3 is 3.00 bits per heavy atom. The van der Waals surface area contributed by atoms with Crippen LogP contribution >= 0.6 is 0 Å². The molecule has 1 saturated heterocycles. The van der Waals surface area contributed by atoms with Gasteiger partial charge < -0.3 is 24.8 Å². The number of pyridine rings is 1. The lowest BCUT2D eigenvalue weighted by Crippen LogP contribution is -2.42. The molecule has 1 amide bonds. The molecule has 0 aliphatic carbocycles. The first-order chi connectivity index (χ1) is 15.1. The summed E-state index contributed by atoms with van der Waals surface area (Å²) in [7, 11) is 0. The molecular formula is C21H26N8O2. The molecule has 2 aliphatic heterocycles. The van der Waals surface area contributed by atoms with Crippen LogP contribution in [0, 0.1) is 0 Å². The number of hydrogen-bond acceptors (Lipinski definition) is 8. The Morgan fingerprint density at radius 2 is 2.16 bits per heavy atom. The summed E-state index contributed by atoms with van der Waals surface area (Å²) >= 11 is 0. The lowest BCUT2D eigenvalue weighted by atomic mass is 10.1. The molecule has 0 radical (unpaired) electrons. The van der Waals surface area contributed by atoms with Crippen LogP contribution in [0.4, 0.5) is 11.6 Å². The molecule has 2 N–H and O–H groups in total. The summed E-state index contributed by atoms with van der Waals surface area (Å²) in [5, 5.41) is 0. The number of imidazole rings is 1. The van der Waals surface area contributed by atoms with Crippen molar-refractivity contribution in [3.05, 3.63) is 36.5 Å². The predicted octanol–water partition coefficient (Wildman–Crippen LogP) is 1.39. The first-order valence-electron chi connectivity index (χ1n) is 10.6. The molecule has 0 saturated carbocycles. The van der Waals surface area contributed by atoms with E-state index in [-0.39, 0.29) is 18.1 Å². The number of anilines is 2. The summed E-state index contributed by atoms with van der Waals surface area (Å²) in [6.07, 6.45) is 5.84. The van der Waals surface area contributed by atoms with E-state index >= 15 is 0 Å². The Hall–Kier alpha value is -3.27. The van der Waals surface area contributed by atoms with Crippen LogP contribution in [0.3, 0.4) is 0 Å². The molecule has 3 aromatic rings. The molecule has 31 heavy (non-hydrogen) atoms. The molecule has 162 valence electrons. The number of amides is 1. The van der Waals surface area contributed by atoms with Gasteiger partial charge >= 0.3 is 0 Å². The Morgan fingerprint density at radius 1 is 1.29 bits per heavy atom. The van der Waals surface area contributed by atoms with Crippen LogP contribution in [0.2, 0.25) is 0 Å². The second-order valence-electron chi connectivity index (χ2n) is 8.08. The minimum absolute atomic E-state index is 0.00740. The zero-order chi connectivity index (χ0) is 21.5. The SMILES string of the molecule is CCO[C@@H]1C[C@H]2CN(C(=O)C(C)n3cnc4c(N)ncnc43)Cc3cccnc3N2C1. The van der Waals surface area contributed by atoms with Gasteiger partial charge in [-0.1, -0.05) is 6.07 Å². The third kappa shape index (κ3) is 3.36. The molecule has 5 rings (SSSR count). The Labute approximate surface area is 180 Å². The summed E-state index contributed by atoms with van der Waals surface area (Å²) in [5.74, 6) is 1.26. The number of fused-ring (bicyclic) bond motifs is 4. The van der Waals surface area contributed by atoms with Crippen molar-refractivity contribution in [2.24, 2.45) is 0 Å². The van der Waals surface area contributed by atoms with Gasteiger partial charge in [-0.25, -0.2) is 19.9 Å². The van der Waals surface area contributed by atoms with Crippen LogP contribution in [0.15, 0.2) is 31.0 Å². The number of ether oxygens (including phenoxy) is 1. The summed E-state index contributed by atoms with van der Waals surface area (Å²) in [5.41, 5.74) is 8.03. The fourth-order valence-electron chi connectivity index (χ4n) is 4.70. The van der Waals surface area contributed by atoms with Crippen molar-refractivity contribution < 1.29 is 9.53 Å². The Kier molecular flexibility index (Phi) is 4.93. The molecule has 1 unspecified atom stereocenters. The van der Waals surface area contributed by atoms with Gasteiger partial charge in [0.2, 0.25) is 5.91 Å². The summed E-state index contributed by atoms with van der Waals surface area (Å²) in [4.78, 5) is 35.1. The van der Waals surface area contributed by atoms with Crippen molar-refractivity contribution in [2.75, 3.05) is 30.3 Å². The number of nitrogen functional groups attached to an aromatic ring is 1. The van der Waals surface area contributed by atoms with Gasteiger partial charge in [-0.05, 0) is 26.3 Å². The van der Waals surface area contributed by atoms with E-state index in [1.807, 2.05) is 37.1 Å². The fourth-order valence-corrected chi connectivity index (χ4v) is 4.70. The first-order valence-corrected chi connectivity index (χ1v) is 10.6. The largest absolute Gasteiger partial charge is 0.382 e. The topological polar surface area (TPSA) is 115 Å². The van der Waals surface area contributed by atoms with Gasteiger partial charge in [0.25, 0.3) is 0 Å². The minimum atomic E-state index is -0.477. The highest BCUT2D eigenvalue weighted by Crippen LogP contribution is 2.33. The summed E-state index contributed by atoms with van der Waals surface area (Å²) in [6, 6.07) is 3.66. The van der Waals surface area contributed by atoms with Gasteiger partial charge in [0.05, 0.1) is 18.5 Å². The Bertz CT molecular complexity index is 1120. The average Bonchev–Trinajstić information content (AvgIpc) is 3.34. The van der Waals surface area contributed by atoms with E-state index in [0.29, 0.717) is 36.7 Å². The van der Waals surface area contributed by atoms with E-state index in [1.165, 1.54) is 6.33 Å². The second kappa shape index (κ2) is 7.77. The molecule has 0 bridgehead atoms. The van der Waals surface area contributed by atoms with E-state index in [2.05, 4.69) is 24.8 Å². The molecule has 1 fully saturated rings. The molecule has 10 nitrogen and oxygen atoms in total.